The molecule has 1 N–H and O–H groups in total. The lowest BCUT2D eigenvalue weighted by molar-refractivity contribution is -0.132. The maximum atomic E-state index is 12.8. The van der Waals surface area contributed by atoms with Gasteiger partial charge >= 0.3 is 0 Å². The van der Waals surface area contributed by atoms with Crippen LogP contribution in [0.1, 0.15) is 37.7 Å². The number of carbonyl (C=O) groups excluding carboxylic acids is 1. The number of aromatic nitrogens is 3. The molecule has 2 aromatic heterocycles. The second kappa shape index (κ2) is 6.63. The van der Waals surface area contributed by atoms with E-state index in [1.165, 1.54) is 0 Å². The van der Waals surface area contributed by atoms with Crippen molar-refractivity contribution in [3.8, 4) is 5.88 Å². The van der Waals surface area contributed by atoms with Gasteiger partial charge in [0.25, 0.3) is 0 Å². The number of ether oxygens (including phenoxy) is 1. The van der Waals surface area contributed by atoms with Crippen LogP contribution in [0.25, 0.3) is 0 Å². The van der Waals surface area contributed by atoms with Gasteiger partial charge in [0.2, 0.25) is 11.8 Å². The monoisotopic (exact) mass is 328 g/mol. The van der Waals surface area contributed by atoms with Crippen molar-refractivity contribution in [3.05, 3.63) is 41.3 Å². The minimum absolute atomic E-state index is 0.00798. The summed E-state index contributed by atoms with van der Waals surface area (Å²) in [6.07, 6.45) is 3.00. The molecule has 128 valence electrons. The van der Waals surface area contributed by atoms with E-state index < -0.39 is 0 Å². The summed E-state index contributed by atoms with van der Waals surface area (Å²) >= 11 is 0. The van der Waals surface area contributed by atoms with Crippen LogP contribution in [0.3, 0.4) is 0 Å². The van der Waals surface area contributed by atoms with E-state index in [4.69, 9.17) is 4.74 Å². The van der Waals surface area contributed by atoms with Gasteiger partial charge in [-0.05, 0) is 24.8 Å². The minimum atomic E-state index is 0.00798. The van der Waals surface area contributed by atoms with Gasteiger partial charge in [0.15, 0.2) is 0 Å². The van der Waals surface area contributed by atoms with Gasteiger partial charge in [-0.15, -0.1) is 0 Å². The predicted octanol–water partition coefficient (Wildman–Crippen LogP) is 2.36. The van der Waals surface area contributed by atoms with Crippen LogP contribution < -0.4 is 4.74 Å². The highest BCUT2D eigenvalue weighted by Crippen LogP contribution is 2.29. The first-order valence-electron chi connectivity index (χ1n) is 8.34. The van der Waals surface area contributed by atoms with Gasteiger partial charge in [0.05, 0.1) is 24.9 Å². The standard InChI is InChI=1S/C18H24N4O2/c1-4-24-16-7-5-6-14(20-16)8-17(23)22-11-13-10-19-21-15(13)9-18(2,3)12-22/h5-7,10H,4,8-9,11-12H2,1-3H3,(H,19,21). The first kappa shape index (κ1) is 16.5. The number of hydrogen-bond acceptors (Lipinski definition) is 4. The first-order chi connectivity index (χ1) is 11.5. The summed E-state index contributed by atoms with van der Waals surface area (Å²) in [5, 5.41) is 7.20. The maximum absolute atomic E-state index is 12.8. The van der Waals surface area contributed by atoms with E-state index >= 15 is 0 Å². The Bertz CT molecular complexity index is 723. The molecule has 3 heterocycles. The van der Waals surface area contributed by atoms with E-state index in [1.54, 1.807) is 0 Å². The molecular weight excluding hydrogens is 304 g/mol. The number of H-pyrrole nitrogens is 1. The summed E-state index contributed by atoms with van der Waals surface area (Å²) < 4.78 is 5.41. The van der Waals surface area contributed by atoms with Crippen LogP contribution in [-0.4, -0.2) is 39.1 Å². The molecule has 1 aliphatic heterocycles. The van der Waals surface area contributed by atoms with E-state index in [9.17, 15) is 4.79 Å². The van der Waals surface area contributed by atoms with Crippen LogP contribution in [0.5, 0.6) is 5.88 Å². The van der Waals surface area contributed by atoms with E-state index in [-0.39, 0.29) is 17.7 Å². The molecule has 1 aliphatic rings. The van der Waals surface area contributed by atoms with Crippen molar-refractivity contribution in [2.45, 2.75) is 40.2 Å². The molecule has 6 nitrogen and oxygen atoms in total. The van der Waals surface area contributed by atoms with Gasteiger partial charge in [-0.25, -0.2) is 4.98 Å². The molecule has 0 radical (unpaired) electrons. The number of fused-ring (bicyclic) bond motifs is 1. The second-order valence-corrected chi connectivity index (χ2v) is 7.04. The quantitative estimate of drug-likeness (QED) is 0.935. The third kappa shape index (κ3) is 3.75. The lowest BCUT2D eigenvalue weighted by Gasteiger charge is -2.29. The van der Waals surface area contributed by atoms with Gasteiger partial charge in [0, 0.05) is 30.4 Å². The second-order valence-electron chi connectivity index (χ2n) is 7.04. The Labute approximate surface area is 142 Å². The summed E-state index contributed by atoms with van der Waals surface area (Å²) in [5.41, 5.74) is 2.98. The molecule has 0 aromatic carbocycles. The zero-order chi connectivity index (χ0) is 17.2. The lowest BCUT2D eigenvalue weighted by Crippen LogP contribution is -2.38. The summed E-state index contributed by atoms with van der Waals surface area (Å²) in [6, 6.07) is 5.55. The molecule has 3 rings (SSSR count). The SMILES string of the molecule is CCOc1cccc(CC(=O)N2Cc3cn[nH]c3CC(C)(C)C2)n1. The lowest BCUT2D eigenvalue weighted by atomic mass is 9.87. The van der Waals surface area contributed by atoms with Crippen molar-refractivity contribution in [3.63, 3.8) is 0 Å². The van der Waals surface area contributed by atoms with Crippen molar-refractivity contribution in [1.82, 2.24) is 20.1 Å². The molecular formula is C18H24N4O2. The number of hydrogen-bond donors (Lipinski definition) is 1. The van der Waals surface area contributed by atoms with Gasteiger partial charge < -0.3 is 9.64 Å². The minimum Gasteiger partial charge on any atom is -0.478 e. The zero-order valence-electron chi connectivity index (χ0n) is 14.5. The number of rotatable bonds is 4. The number of nitrogens with zero attached hydrogens (tertiary/aromatic N) is 3. The molecule has 2 aromatic rings. The average Bonchev–Trinajstić information content (AvgIpc) is 2.88. The number of carbonyl (C=O) groups is 1. The molecule has 0 bridgehead atoms. The highest BCUT2D eigenvalue weighted by molar-refractivity contribution is 5.78. The zero-order valence-corrected chi connectivity index (χ0v) is 14.5. The molecule has 0 unspecified atom stereocenters. The van der Waals surface area contributed by atoms with Crippen LogP contribution in [-0.2, 0) is 24.2 Å². The number of pyridine rings is 1. The average molecular weight is 328 g/mol. The number of aromatic amines is 1. The van der Waals surface area contributed by atoms with Gasteiger partial charge in [-0.1, -0.05) is 19.9 Å². The predicted molar refractivity (Wildman–Crippen MR) is 90.6 cm³/mol. The molecule has 0 saturated heterocycles. The molecule has 0 atom stereocenters. The molecule has 1 amide bonds. The Morgan fingerprint density at radius 1 is 1.42 bits per heavy atom. The van der Waals surface area contributed by atoms with Crippen LogP contribution in [0, 0.1) is 5.41 Å². The van der Waals surface area contributed by atoms with Crippen molar-refractivity contribution in [1.29, 1.82) is 0 Å². The van der Waals surface area contributed by atoms with Gasteiger partial charge in [0.1, 0.15) is 0 Å². The molecule has 0 spiro atoms. The third-order valence-electron chi connectivity index (χ3n) is 4.20. The maximum Gasteiger partial charge on any atom is 0.228 e. The molecule has 6 heteroatoms. The normalized spacial score (nSPS) is 16.4. The summed E-state index contributed by atoms with van der Waals surface area (Å²) in [5.74, 6) is 0.648. The van der Waals surface area contributed by atoms with E-state index in [0.717, 1.165) is 29.9 Å². The third-order valence-corrected chi connectivity index (χ3v) is 4.20. The van der Waals surface area contributed by atoms with Crippen LogP contribution in [0.2, 0.25) is 0 Å². The van der Waals surface area contributed by atoms with Gasteiger partial charge in [-0.2, -0.15) is 5.10 Å². The Balaban J connectivity index is 1.76. The number of amides is 1. The highest BCUT2D eigenvalue weighted by atomic mass is 16.5. The van der Waals surface area contributed by atoms with E-state index in [0.29, 0.717) is 19.0 Å². The summed E-state index contributed by atoms with van der Waals surface area (Å²) in [4.78, 5) is 19.1. The van der Waals surface area contributed by atoms with Crippen LogP contribution in [0.15, 0.2) is 24.4 Å². The van der Waals surface area contributed by atoms with Crippen molar-refractivity contribution in [2.24, 2.45) is 5.41 Å². The molecule has 0 saturated carbocycles. The van der Waals surface area contributed by atoms with Crippen molar-refractivity contribution in [2.75, 3.05) is 13.2 Å². The summed E-state index contributed by atoms with van der Waals surface area (Å²) in [6.45, 7) is 8.16. The number of nitrogens with one attached hydrogen (secondary N) is 1. The summed E-state index contributed by atoms with van der Waals surface area (Å²) in [7, 11) is 0. The first-order valence-corrected chi connectivity index (χ1v) is 8.34. The fourth-order valence-corrected chi connectivity index (χ4v) is 3.17. The fraction of sp³-hybridized carbons (Fsp3) is 0.500. The Morgan fingerprint density at radius 2 is 2.25 bits per heavy atom. The van der Waals surface area contributed by atoms with Crippen molar-refractivity contribution < 1.29 is 9.53 Å². The topological polar surface area (TPSA) is 71.1 Å². The van der Waals surface area contributed by atoms with Crippen molar-refractivity contribution >= 4 is 5.91 Å². The van der Waals surface area contributed by atoms with Crippen LogP contribution >= 0.6 is 0 Å². The van der Waals surface area contributed by atoms with Crippen LogP contribution in [0.4, 0.5) is 0 Å². The van der Waals surface area contributed by atoms with Gasteiger partial charge in [-0.3, -0.25) is 9.89 Å². The highest BCUT2D eigenvalue weighted by Gasteiger charge is 2.31. The Morgan fingerprint density at radius 3 is 3.04 bits per heavy atom. The molecule has 24 heavy (non-hydrogen) atoms. The Kier molecular flexibility index (Phi) is 4.55. The van der Waals surface area contributed by atoms with E-state index in [1.807, 2.05) is 36.2 Å². The fourth-order valence-electron chi connectivity index (χ4n) is 3.17. The largest absolute Gasteiger partial charge is 0.478 e. The van der Waals surface area contributed by atoms with E-state index in [2.05, 4.69) is 29.0 Å². The molecule has 0 fully saturated rings. The smallest absolute Gasteiger partial charge is 0.228 e. The molecule has 0 aliphatic carbocycles. The Hall–Kier alpha value is -2.37.